The molecule has 0 atom stereocenters. The van der Waals surface area contributed by atoms with E-state index in [0.29, 0.717) is 0 Å². The lowest BCUT2D eigenvalue weighted by Crippen LogP contribution is -2.31. The van der Waals surface area contributed by atoms with E-state index in [-0.39, 0.29) is 5.84 Å². The highest BCUT2D eigenvalue weighted by Crippen LogP contribution is 2.25. The maximum absolute atomic E-state index is 9.14. The van der Waals surface area contributed by atoms with Gasteiger partial charge in [-0.25, -0.2) is 0 Å². The summed E-state index contributed by atoms with van der Waals surface area (Å²) in [6.45, 7) is 5.95. The van der Waals surface area contributed by atoms with Crippen molar-refractivity contribution in [3.8, 4) is 0 Å². The number of hydrogen-bond donors (Lipinski definition) is 2. The fourth-order valence-electron chi connectivity index (χ4n) is 2.66. The minimum absolute atomic E-state index is 0.128. The Balaban J connectivity index is 2.53. The molecule has 0 spiro atoms. The zero-order valence-corrected chi connectivity index (χ0v) is 13.5. The molecule has 2 rings (SSSR count). The Hall–Kier alpha value is -1.50. The minimum atomic E-state index is 0.128. The summed E-state index contributed by atoms with van der Waals surface area (Å²) in [5, 5.41) is 21.1. The van der Waals surface area contributed by atoms with Gasteiger partial charge < -0.3 is 15.8 Å². The van der Waals surface area contributed by atoms with Gasteiger partial charge in [0.05, 0.1) is 11.3 Å². The Labute approximate surface area is 129 Å². The number of aromatic nitrogens is 2. The molecule has 2 heterocycles. The largest absolute Gasteiger partial charge is 0.409 e. The van der Waals surface area contributed by atoms with Gasteiger partial charge in [0.2, 0.25) is 0 Å². The number of rotatable bonds is 4. The number of aryl methyl sites for hydroxylation is 1. The van der Waals surface area contributed by atoms with E-state index < -0.39 is 0 Å². The summed E-state index contributed by atoms with van der Waals surface area (Å²) in [7, 11) is 0. The number of oxime groups is 1. The van der Waals surface area contributed by atoms with Crippen LogP contribution in [-0.4, -0.2) is 45.8 Å². The third-order valence-electron chi connectivity index (χ3n) is 3.71. The monoisotopic (exact) mass is 309 g/mol. The van der Waals surface area contributed by atoms with Gasteiger partial charge in [0.25, 0.3) is 0 Å². The lowest BCUT2D eigenvalue weighted by atomic mass is 10.0. The molecule has 7 heteroatoms. The molecule has 21 heavy (non-hydrogen) atoms. The number of anilines is 1. The Morgan fingerprint density at radius 1 is 1.29 bits per heavy atom. The van der Waals surface area contributed by atoms with Crippen LogP contribution in [0, 0.1) is 0 Å². The molecule has 0 radical (unpaired) electrons. The molecule has 0 amide bonds. The summed E-state index contributed by atoms with van der Waals surface area (Å²) in [6, 6.07) is 0. The first-order chi connectivity index (χ1) is 10.2. The zero-order chi connectivity index (χ0) is 15.2. The maximum atomic E-state index is 9.14. The molecule has 3 N–H and O–H groups in total. The van der Waals surface area contributed by atoms with E-state index in [2.05, 4.69) is 27.2 Å². The van der Waals surface area contributed by atoms with E-state index in [9.17, 15) is 0 Å². The van der Waals surface area contributed by atoms with E-state index in [4.69, 9.17) is 10.9 Å². The van der Waals surface area contributed by atoms with Crippen molar-refractivity contribution in [3.05, 3.63) is 16.8 Å². The zero-order valence-electron chi connectivity index (χ0n) is 12.7. The van der Waals surface area contributed by atoms with Crippen LogP contribution in [-0.2, 0) is 12.8 Å². The normalized spacial score (nSPS) is 16.9. The third kappa shape index (κ3) is 3.40. The summed E-state index contributed by atoms with van der Waals surface area (Å²) >= 11 is 1.95. The predicted octanol–water partition coefficient (Wildman–Crippen LogP) is 1.64. The second-order valence-corrected chi connectivity index (χ2v) is 6.19. The number of amidine groups is 1. The van der Waals surface area contributed by atoms with Gasteiger partial charge in [-0.1, -0.05) is 19.0 Å². The third-order valence-corrected chi connectivity index (χ3v) is 4.76. The average Bonchev–Trinajstić information content (AvgIpc) is 2.81. The van der Waals surface area contributed by atoms with Crippen molar-refractivity contribution in [1.29, 1.82) is 0 Å². The fourth-order valence-corrected chi connectivity index (χ4v) is 3.55. The SMILES string of the molecule is CCc1nnc(N2CCCSCC2)c(C(N)=NO)c1CC. The van der Waals surface area contributed by atoms with Crippen LogP contribution in [0.1, 0.15) is 37.1 Å². The Morgan fingerprint density at radius 2 is 2.10 bits per heavy atom. The molecular weight excluding hydrogens is 286 g/mol. The molecule has 1 aliphatic heterocycles. The summed E-state index contributed by atoms with van der Waals surface area (Å²) in [4.78, 5) is 2.21. The number of nitrogens with two attached hydrogens (primary N) is 1. The smallest absolute Gasteiger partial charge is 0.174 e. The van der Waals surface area contributed by atoms with Crippen LogP contribution in [0.3, 0.4) is 0 Å². The van der Waals surface area contributed by atoms with E-state index in [1.54, 1.807) is 0 Å². The van der Waals surface area contributed by atoms with Crippen LogP contribution in [0.25, 0.3) is 0 Å². The van der Waals surface area contributed by atoms with Crippen molar-refractivity contribution in [2.24, 2.45) is 10.9 Å². The van der Waals surface area contributed by atoms with Crippen molar-refractivity contribution in [1.82, 2.24) is 10.2 Å². The maximum Gasteiger partial charge on any atom is 0.174 e. The van der Waals surface area contributed by atoms with Crippen LogP contribution in [0.15, 0.2) is 5.16 Å². The highest BCUT2D eigenvalue weighted by Gasteiger charge is 2.23. The fraction of sp³-hybridized carbons (Fsp3) is 0.643. The molecule has 0 aromatic carbocycles. The van der Waals surface area contributed by atoms with Crippen molar-refractivity contribution in [2.75, 3.05) is 29.5 Å². The molecule has 1 aliphatic rings. The first-order valence-corrected chi connectivity index (χ1v) is 8.57. The van der Waals surface area contributed by atoms with Gasteiger partial charge in [-0.2, -0.15) is 16.9 Å². The average molecular weight is 309 g/mol. The van der Waals surface area contributed by atoms with Crippen LogP contribution >= 0.6 is 11.8 Å². The Kier molecular flexibility index (Phi) is 5.67. The quantitative estimate of drug-likeness (QED) is 0.380. The molecule has 1 aromatic rings. The first-order valence-electron chi connectivity index (χ1n) is 7.41. The van der Waals surface area contributed by atoms with Gasteiger partial charge in [0.1, 0.15) is 0 Å². The summed E-state index contributed by atoms with van der Waals surface area (Å²) < 4.78 is 0. The van der Waals surface area contributed by atoms with Gasteiger partial charge in [0, 0.05) is 18.8 Å². The second kappa shape index (κ2) is 7.49. The van der Waals surface area contributed by atoms with Gasteiger partial charge in [0.15, 0.2) is 11.7 Å². The molecule has 1 aromatic heterocycles. The Bertz CT molecular complexity index is 512. The van der Waals surface area contributed by atoms with Gasteiger partial charge >= 0.3 is 0 Å². The van der Waals surface area contributed by atoms with Crippen molar-refractivity contribution in [3.63, 3.8) is 0 Å². The molecule has 0 unspecified atom stereocenters. The van der Waals surface area contributed by atoms with Crippen molar-refractivity contribution >= 4 is 23.4 Å². The number of hydrogen-bond acceptors (Lipinski definition) is 6. The highest BCUT2D eigenvalue weighted by molar-refractivity contribution is 7.99. The van der Waals surface area contributed by atoms with Gasteiger partial charge in [-0.3, -0.25) is 0 Å². The highest BCUT2D eigenvalue weighted by atomic mass is 32.2. The molecule has 116 valence electrons. The van der Waals surface area contributed by atoms with Gasteiger partial charge in [-0.15, -0.1) is 5.10 Å². The summed E-state index contributed by atoms with van der Waals surface area (Å²) in [5.74, 6) is 3.11. The number of thioether (sulfide) groups is 1. The summed E-state index contributed by atoms with van der Waals surface area (Å²) in [6.07, 6.45) is 2.69. The van der Waals surface area contributed by atoms with Crippen LogP contribution in [0.4, 0.5) is 5.82 Å². The van der Waals surface area contributed by atoms with E-state index in [1.165, 1.54) is 0 Å². The van der Waals surface area contributed by atoms with Crippen molar-refractivity contribution < 1.29 is 5.21 Å². The molecule has 0 saturated carbocycles. The molecule has 0 aliphatic carbocycles. The molecule has 6 nitrogen and oxygen atoms in total. The Morgan fingerprint density at radius 3 is 2.76 bits per heavy atom. The molecule has 1 fully saturated rings. The van der Waals surface area contributed by atoms with Crippen LogP contribution in [0.2, 0.25) is 0 Å². The summed E-state index contributed by atoms with van der Waals surface area (Å²) in [5.41, 5.74) is 8.65. The van der Waals surface area contributed by atoms with Gasteiger partial charge in [-0.05, 0) is 30.6 Å². The van der Waals surface area contributed by atoms with E-state index >= 15 is 0 Å². The number of nitrogens with zero attached hydrogens (tertiary/aromatic N) is 4. The van der Waals surface area contributed by atoms with Crippen molar-refractivity contribution in [2.45, 2.75) is 33.1 Å². The minimum Gasteiger partial charge on any atom is -0.409 e. The molecular formula is C14H23N5OS. The second-order valence-electron chi connectivity index (χ2n) is 4.97. The molecule has 1 saturated heterocycles. The standard InChI is InChI=1S/C14H23N5OS/c1-3-10-11(4-2)16-17-14(12(10)13(15)18-20)19-6-5-8-21-9-7-19/h20H,3-9H2,1-2H3,(H2,15,18). The lowest BCUT2D eigenvalue weighted by Gasteiger charge is -2.25. The lowest BCUT2D eigenvalue weighted by molar-refractivity contribution is 0.318. The topological polar surface area (TPSA) is 87.6 Å². The van der Waals surface area contributed by atoms with E-state index in [0.717, 1.165) is 66.5 Å². The van der Waals surface area contributed by atoms with E-state index in [1.807, 2.05) is 18.7 Å². The van der Waals surface area contributed by atoms with Crippen LogP contribution < -0.4 is 10.6 Å². The predicted molar refractivity (Wildman–Crippen MR) is 87.5 cm³/mol. The van der Waals surface area contributed by atoms with Crippen LogP contribution in [0.5, 0.6) is 0 Å². The molecule has 0 bridgehead atoms. The first kappa shape index (κ1) is 15.9.